The summed E-state index contributed by atoms with van der Waals surface area (Å²) in [6, 6.07) is 23.4. The van der Waals surface area contributed by atoms with Gasteiger partial charge in [-0.1, -0.05) is 78.9 Å². The number of hydrogen-bond acceptors (Lipinski definition) is 4. The first-order valence-corrected chi connectivity index (χ1v) is 12.3. The molecule has 1 aliphatic rings. The van der Waals surface area contributed by atoms with Crippen molar-refractivity contribution in [3.8, 4) is 0 Å². The maximum absolute atomic E-state index is 13.6. The van der Waals surface area contributed by atoms with E-state index in [0.717, 1.165) is 15.4 Å². The summed E-state index contributed by atoms with van der Waals surface area (Å²) in [7, 11) is -4.08. The number of piperazine rings is 1. The van der Waals surface area contributed by atoms with Crippen LogP contribution in [0.1, 0.15) is 17.0 Å². The van der Waals surface area contributed by atoms with Gasteiger partial charge in [0.15, 0.2) is 0 Å². The summed E-state index contributed by atoms with van der Waals surface area (Å²) in [6.45, 7) is -0.0907. The van der Waals surface area contributed by atoms with Gasteiger partial charge in [0.05, 0.1) is 10.9 Å². The molecule has 0 saturated carbocycles. The van der Waals surface area contributed by atoms with Gasteiger partial charge in [-0.2, -0.15) is 4.31 Å². The third-order valence-electron chi connectivity index (χ3n) is 6.14. The molecule has 1 fully saturated rings. The van der Waals surface area contributed by atoms with Crippen molar-refractivity contribution in [3.05, 3.63) is 102 Å². The number of primary amides is 2. The summed E-state index contributed by atoms with van der Waals surface area (Å²) in [5, 5.41) is 0. The number of hydrogen-bond donors (Lipinski definition) is 2. The lowest BCUT2D eigenvalue weighted by molar-refractivity contribution is -0.125. The van der Waals surface area contributed by atoms with E-state index in [-0.39, 0.29) is 18.0 Å². The Balaban J connectivity index is 1.91. The average molecular weight is 479 g/mol. The lowest BCUT2D eigenvalue weighted by Crippen LogP contribution is -2.68. The SMILES string of the molecule is NC(=O)C1C(C(c2ccccc2)c2ccccc2)N(C(N)=O)CCN1S(=O)(=O)c1ccccc1. The first kappa shape index (κ1) is 23.5. The zero-order valence-electron chi connectivity index (χ0n) is 18.4. The van der Waals surface area contributed by atoms with Crippen LogP contribution in [0, 0.1) is 0 Å². The molecule has 1 aliphatic heterocycles. The lowest BCUT2D eigenvalue weighted by Gasteiger charge is -2.48. The molecule has 3 aromatic rings. The minimum absolute atomic E-state index is 0.0199. The number of rotatable bonds is 6. The highest BCUT2D eigenvalue weighted by atomic mass is 32.2. The molecule has 2 atom stereocenters. The second-order valence-corrected chi connectivity index (χ2v) is 9.99. The Morgan fingerprint density at radius 1 is 0.765 bits per heavy atom. The van der Waals surface area contributed by atoms with E-state index in [2.05, 4.69) is 0 Å². The Morgan fingerprint density at radius 3 is 1.68 bits per heavy atom. The fourth-order valence-corrected chi connectivity index (χ4v) is 6.29. The van der Waals surface area contributed by atoms with Crippen LogP contribution in [0.15, 0.2) is 95.9 Å². The molecule has 0 radical (unpaired) electrons. The molecule has 3 aromatic carbocycles. The molecule has 0 spiro atoms. The number of amides is 3. The van der Waals surface area contributed by atoms with Gasteiger partial charge in [0.1, 0.15) is 6.04 Å². The number of carbonyl (C=O) groups excluding carboxylic acids is 2. The van der Waals surface area contributed by atoms with Crippen LogP contribution in [-0.2, 0) is 14.8 Å². The van der Waals surface area contributed by atoms with Crippen molar-refractivity contribution in [1.29, 1.82) is 0 Å². The second kappa shape index (κ2) is 9.66. The highest BCUT2D eigenvalue weighted by Gasteiger charge is 2.50. The highest BCUT2D eigenvalue weighted by Crippen LogP contribution is 2.37. The summed E-state index contributed by atoms with van der Waals surface area (Å²) in [5.74, 6) is -1.41. The molecule has 4 N–H and O–H groups in total. The van der Waals surface area contributed by atoms with E-state index < -0.39 is 40.0 Å². The van der Waals surface area contributed by atoms with Crippen LogP contribution in [0.2, 0.25) is 0 Å². The lowest BCUT2D eigenvalue weighted by atomic mass is 9.79. The summed E-state index contributed by atoms with van der Waals surface area (Å²) in [6.07, 6.45) is 0. The molecule has 176 valence electrons. The van der Waals surface area contributed by atoms with Gasteiger partial charge in [0.2, 0.25) is 15.9 Å². The largest absolute Gasteiger partial charge is 0.368 e. The van der Waals surface area contributed by atoms with Gasteiger partial charge in [0.25, 0.3) is 0 Å². The van der Waals surface area contributed by atoms with Crippen LogP contribution >= 0.6 is 0 Å². The molecule has 0 aliphatic carbocycles. The maximum atomic E-state index is 13.6. The fraction of sp³-hybridized carbons (Fsp3) is 0.200. The van der Waals surface area contributed by atoms with Crippen LogP contribution in [-0.4, -0.2) is 54.7 Å². The number of urea groups is 1. The molecule has 0 aromatic heterocycles. The smallest absolute Gasteiger partial charge is 0.315 e. The number of nitrogens with two attached hydrogens (primary N) is 2. The van der Waals surface area contributed by atoms with E-state index in [1.807, 2.05) is 60.7 Å². The second-order valence-electron chi connectivity index (χ2n) is 8.10. The van der Waals surface area contributed by atoms with Crippen LogP contribution < -0.4 is 11.5 Å². The normalized spacial score (nSPS) is 19.1. The van der Waals surface area contributed by atoms with E-state index in [1.165, 1.54) is 17.0 Å². The highest BCUT2D eigenvalue weighted by molar-refractivity contribution is 7.89. The third kappa shape index (κ3) is 4.40. The van der Waals surface area contributed by atoms with E-state index in [1.54, 1.807) is 18.2 Å². The number of benzene rings is 3. The quantitative estimate of drug-likeness (QED) is 0.563. The molecule has 1 heterocycles. The van der Waals surface area contributed by atoms with E-state index in [4.69, 9.17) is 11.5 Å². The van der Waals surface area contributed by atoms with E-state index in [0.29, 0.717) is 0 Å². The van der Waals surface area contributed by atoms with Gasteiger partial charge in [-0.05, 0) is 23.3 Å². The number of carbonyl (C=O) groups is 2. The molecule has 34 heavy (non-hydrogen) atoms. The minimum atomic E-state index is -4.08. The van der Waals surface area contributed by atoms with Crippen LogP contribution in [0.25, 0.3) is 0 Å². The summed E-state index contributed by atoms with van der Waals surface area (Å²) in [5.41, 5.74) is 13.2. The molecule has 2 unspecified atom stereocenters. The van der Waals surface area contributed by atoms with E-state index in [9.17, 15) is 18.0 Å². The van der Waals surface area contributed by atoms with Crippen molar-refractivity contribution >= 4 is 22.0 Å². The molecule has 3 amide bonds. The number of sulfonamides is 1. The average Bonchev–Trinajstić information content (AvgIpc) is 2.85. The Kier molecular flexibility index (Phi) is 6.67. The van der Waals surface area contributed by atoms with E-state index >= 15 is 0 Å². The van der Waals surface area contributed by atoms with Crippen LogP contribution in [0.3, 0.4) is 0 Å². The Hall–Kier alpha value is -3.69. The molecule has 1 saturated heterocycles. The van der Waals surface area contributed by atoms with Gasteiger partial charge < -0.3 is 16.4 Å². The van der Waals surface area contributed by atoms with Gasteiger partial charge >= 0.3 is 6.03 Å². The van der Waals surface area contributed by atoms with Crippen molar-refractivity contribution in [1.82, 2.24) is 9.21 Å². The third-order valence-corrected chi connectivity index (χ3v) is 8.03. The first-order valence-electron chi connectivity index (χ1n) is 10.8. The predicted molar refractivity (Wildman–Crippen MR) is 128 cm³/mol. The fourth-order valence-electron chi connectivity index (χ4n) is 4.67. The molecule has 8 nitrogen and oxygen atoms in total. The summed E-state index contributed by atoms with van der Waals surface area (Å²) in [4.78, 5) is 26.9. The molecular weight excluding hydrogens is 452 g/mol. The number of nitrogens with zero attached hydrogens (tertiary/aromatic N) is 2. The van der Waals surface area contributed by atoms with Crippen LogP contribution in [0.5, 0.6) is 0 Å². The van der Waals surface area contributed by atoms with Gasteiger partial charge in [0, 0.05) is 19.0 Å². The van der Waals surface area contributed by atoms with Crippen molar-refractivity contribution in [2.24, 2.45) is 11.5 Å². The monoisotopic (exact) mass is 478 g/mol. The first-order chi connectivity index (χ1) is 16.3. The van der Waals surface area contributed by atoms with Crippen molar-refractivity contribution in [2.45, 2.75) is 22.9 Å². The van der Waals surface area contributed by atoms with Crippen LogP contribution in [0.4, 0.5) is 4.79 Å². The molecular formula is C25H26N4O4S. The van der Waals surface area contributed by atoms with Gasteiger partial charge in [-0.25, -0.2) is 13.2 Å². The Morgan fingerprint density at radius 2 is 1.24 bits per heavy atom. The standard InChI is InChI=1S/C25H26N4O4S/c26-24(30)23-22(21(18-10-4-1-5-11-18)19-12-6-2-7-13-19)28(25(27)31)16-17-29(23)34(32,33)20-14-8-3-9-15-20/h1-15,21-23H,16-17H2,(H2,26,30)(H2,27,31). The molecule has 9 heteroatoms. The van der Waals surface area contributed by atoms with Crippen molar-refractivity contribution in [3.63, 3.8) is 0 Å². The van der Waals surface area contributed by atoms with Crippen molar-refractivity contribution < 1.29 is 18.0 Å². The predicted octanol–water partition coefficient (Wildman–Crippen LogP) is 2.13. The zero-order chi connectivity index (χ0) is 24.3. The maximum Gasteiger partial charge on any atom is 0.315 e. The zero-order valence-corrected chi connectivity index (χ0v) is 19.2. The molecule has 4 rings (SSSR count). The van der Waals surface area contributed by atoms with Gasteiger partial charge in [-0.15, -0.1) is 0 Å². The summed E-state index contributed by atoms with van der Waals surface area (Å²) < 4.78 is 28.3. The topological polar surface area (TPSA) is 127 Å². The van der Waals surface area contributed by atoms with Gasteiger partial charge in [-0.3, -0.25) is 4.79 Å². The summed E-state index contributed by atoms with van der Waals surface area (Å²) >= 11 is 0. The Labute approximate surface area is 198 Å². The Bertz CT molecular complexity index is 1210. The van der Waals surface area contributed by atoms with Crippen molar-refractivity contribution in [2.75, 3.05) is 13.1 Å². The minimum Gasteiger partial charge on any atom is -0.368 e. The molecule has 0 bridgehead atoms.